The molecule has 0 spiro atoms. The summed E-state index contributed by atoms with van der Waals surface area (Å²) in [4.78, 5) is 24.2. The van der Waals surface area contributed by atoms with Crippen molar-refractivity contribution >= 4 is 11.9 Å². The van der Waals surface area contributed by atoms with Crippen molar-refractivity contribution in [3.63, 3.8) is 0 Å². The van der Waals surface area contributed by atoms with Gasteiger partial charge in [0.25, 0.3) is 0 Å². The lowest BCUT2D eigenvalue weighted by molar-refractivity contribution is -0.158. The molecule has 0 N–H and O–H groups in total. The molecule has 2 fully saturated rings. The van der Waals surface area contributed by atoms with E-state index in [-0.39, 0.29) is 22.8 Å². The Bertz CT molecular complexity index is 397. The first-order valence-corrected chi connectivity index (χ1v) is 7.59. The van der Waals surface area contributed by atoms with E-state index in [0.29, 0.717) is 13.0 Å². The second-order valence-corrected chi connectivity index (χ2v) is 7.44. The summed E-state index contributed by atoms with van der Waals surface area (Å²) in [6.07, 6.45) is 4.81. The van der Waals surface area contributed by atoms with Crippen molar-refractivity contribution in [1.29, 1.82) is 0 Å². The molecule has 2 aliphatic carbocycles. The average Bonchev–Trinajstić information content (AvgIpc) is 2.83. The van der Waals surface area contributed by atoms with Crippen molar-refractivity contribution in [3.05, 3.63) is 0 Å². The quantitative estimate of drug-likeness (QED) is 0.743. The van der Waals surface area contributed by atoms with Crippen molar-refractivity contribution in [1.82, 2.24) is 0 Å². The molecule has 0 atom stereocenters. The monoisotopic (exact) mass is 282 g/mol. The Hall–Kier alpha value is -1.06. The van der Waals surface area contributed by atoms with Crippen LogP contribution < -0.4 is 0 Å². The third-order valence-corrected chi connectivity index (χ3v) is 4.63. The minimum atomic E-state index is -0.441. The minimum absolute atomic E-state index is 0.0326. The molecule has 2 aliphatic rings. The lowest BCUT2D eigenvalue weighted by Gasteiger charge is -2.28. The van der Waals surface area contributed by atoms with E-state index in [2.05, 4.69) is 0 Å². The highest BCUT2D eigenvalue weighted by molar-refractivity contribution is 5.79. The number of carbonyl (C=O) groups is 2. The summed E-state index contributed by atoms with van der Waals surface area (Å²) in [5.74, 6) is -0.206. The topological polar surface area (TPSA) is 52.6 Å². The molecule has 4 heteroatoms. The Morgan fingerprint density at radius 1 is 1.10 bits per heavy atom. The van der Waals surface area contributed by atoms with Crippen molar-refractivity contribution in [2.75, 3.05) is 6.61 Å². The first-order chi connectivity index (χ1) is 9.20. The zero-order valence-corrected chi connectivity index (χ0v) is 13.1. The Balaban J connectivity index is 1.99. The van der Waals surface area contributed by atoms with Gasteiger partial charge in [0.1, 0.15) is 5.60 Å². The van der Waals surface area contributed by atoms with Gasteiger partial charge in [0.2, 0.25) is 0 Å². The van der Waals surface area contributed by atoms with Crippen LogP contribution in [-0.4, -0.2) is 24.1 Å². The largest absolute Gasteiger partial charge is 0.466 e. The number of hydrogen-bond donors (Lipinski definition) is 0. The van der Waals surface area contributed by atoms with Crippen LogP contribution >= 0.6 is 0 Å². The molecule has 0 heterocycles. The summed E-state index contributed by atoms with van der Waals surface area (Å²) >= 11 is 0. The van der Waals surface area contributed by atoms with E-state index in [0.717, 1.165) is 32.1 Å². The molecule has 0 unspecified atom stereocenters. The van der Waals surface area contributed by atoms with Gasteiger partial charge in [0.15, 0.2) is 0 Å². The Morgan fingerprint density at radius 3 is 2.20 bits per heavy atom. The average molecular weight is 282 g/mol. The highest BCUT2D eigenvalue weighted by atomic mass is 16.6. The maximum Gasteiger partial charge on any atom is 0.312 e. The molecule has 20 heavy (non-hydrogen) atoms. The molecule has 0 aromatic carbocycles. The van der Waals surface area contributed by atoms with E-state index in [1.54, 1.807) is 0 Å². The number of esters is 2. The fourth-order valence-electron chi connectivity index (χ4n) is 3.81. The number of rotatable bonds is 4. The fraction of sp³-hybridized carbons (Fsp3) is 0.875. The summed E-state index contributed by atoms with van der Waals surface area (Å²) in [5, 5.41) is 0. The first kappa shape index (κ1) is 15.3. The lowest BCUT2D eigenvalue weighted by atomic mass is 9.80. The molecule has 114 valence electrons. The molecule has 4 nitrogen and oxygen atoms in total. The molecular weight excluding hydrogens is 256 g/mol. The van der Waals surface area contributed by atoms with E-state index in [1.165, 1.54) is 0 Å². The number of ether oxygens (including phenoxy) is 2. The molecule has 0 radical (unpaired) electrons. The van der Waals surface area contributed by atoms with Crippen LogP contribution in [0.4, 0.5) is 0 Å². The minimum Gasteiger partial charge on any atom is -0.466 e. The van der Waals surface area contributed by atoms with E-state index >= 15 is 0 Å². The molecule has 0 aromatic heterocycles. The van der Waals surface area contributed by atoms with Crippen molar-refractivity contribution in [2.24, 2.45) is 10.8 Å². The maximum atomic E-state index is 12.1. The van der Waals surface area contributed by atoms with Crippen LogP contribution in [0.3, 0.4) is 0 Å². The smallest absolute Gasteiger partial charge is 0.312 e. The number of hydrogen-bond acceptors (Lipinski definition) is 4. The van der Waals surface area contributed by atoms with Gasteiger partial charge in [0, 0.05) is 0 Å². The van der Waals surface area contributed by atoms with Gasteiger partial charge in [-0.3, -0.25) is 9.59 Å². The first-order valence-electron chi connectivity index (χ1n) is 7.59. The van der Waals surface area contributed by atoms with Crippen molar-refractivity contribution in [2.45, 2.75) is 71.8 Å². The summed E-state index contributed by atoms with van der Waals surface area (Å²) in [6.45, 7) is 7.92. The molecule has 0 aromatic rings. The van der Waals surface area contributed by atoms with Gasteiger partial charge >= 0.3 is 11.9 Å². The number of carbonyl (C=O) groups excluding carboxylic acids is 2. The normalized spacial score (nSPS) is 32.2. The lowest BCUT2D eigenvalue weighted by Crippen LogP contribution is -2.28. The van der Waals surface area contributed by atoms with Crippen LogP contribution in [0.25, 0.3) is 0 Å². The van der Waals surface area contributed by atoms with Gasteiger partial charge in [-0.2, -0.15) is 0 Å². The van der Waals surface area contributed by atoms with E-state index in [1.807, 2.05) is 27.7 Å². The predicted octanol–water partition coefficient (Wildman–Crippen LogP) is 3.23. The van der Waals surface area contributed by atoms with Crippen LogP contribution in [-0.2, 0) is 19.1 Å². The van der Waals surface area contributed by atoms with Gasteiger partial charge in [-0.1, -0.05) is 0 Å². The molecule has 2 saturated carbocycles. The molecule has 2 bridgehead atoms. The zero-order chi connectivity index (χ0) is 15.0. The molecular formula is C16H26O4. The maximum absolute atomic E-state index is 12.1. The second kappa shape index (κ2) is 5.05. The third-order valence-electron chi connectivity index (χ3n) is 4.63. The van der Waals surface area contributed by atoms with Crippen LogP contribution in [0, 0.1) is 10.8 Å². The van der Waals surface area contributed by atoms with Gasteiger partial charge < -0.3 is 9.47 Å². The predicted molar refractivity (Wildman–Crippen MR) is 75.0 cm³/mol. The molecule has 0 saturated heterocycles. The van der Waals surface area contributed by atoms with Crippen molar-refractivity contribution < 1.29 is 19.1 Å². The fourth-order valence-corrected chi connectivity index (χ4v) is 3.81. The highest BCUT2D eigenvalue weighted by Crippen LogP contribution is 2.63. The number of fused-ring (bicyclic) bond motifs is 2. The summed E-state index contributed by atoms with van der Waals surface area (Å²) < 4.78 is 10.7. The second-order valence-electron chi connectivity index (χ2n) is 7.44. The van der Waals surface area contributed by atoms with Crippen molar-refractivity contribution in [3.8, 4) is 0 Å². The van der Waals surface area contributed by atoms with Gasteiger partial charge in [0.05, 0.1) is 18.4 Å². The van der Waals surface area contributed by atoms with E-state index in [4.69, 9.17) is 9.47 Å². The van der Waals surface area contributed by atoms with Gasteiger partial charge in [-0.15, -0.1) is 0 Å². The van der Waals surface area contributed by atoms with Crippen LogP contribution in [0.15, 0.2) is 0 Å². The third kappa shape index (κ3) is 2.99. The van der Waals surface area contributed by atoms with Gasteiger partial charge in [-0.05, 0) is 65.2 Å². The standard InChI is InChI=1S/C16H26O4/c1-5-19-13(18)16-8-6-15(11-16,7-9-16)10-12(17)20-14(2,3)4/h5-11H2,1-4H3. The molecule has 0 aliphatic heterocycles. The summed E-state index contributed by atoms with van der Waals surface area (Å²) in [7, 11) is 0. The Labute approximate surface area is 121 Å². The van der Waals surface area contributed by atoms with Gasteiger partial charge in [-0.25, -0.2) is 0 Å². The van der Waals surface area contributed by atoms with E-state index < -0.39 is 5.60 Å². The highest BCUT2D eigenvalue weighted by Gasteiger charge is 2.59. The molecule has 0 amide bonds. The van der Waals surface area contributed by atoms with Crippen LogP contribution in [0.2, 0.25) is 0 Å². The van der Waals surface area contributed by atoms with Crippen LogP contribution in [0.5, 0.6) is 0 Å². The Morgan fingerprint density at radius 2 is 1.70 bits per heavy atom. The van der Waals surface area contributed by atoms with Crippen LogP contribution in [0.1, 0.15) is 66.2 Å². The molecule has 2 rings (SSSR count). The summed E-state index contributed by atoms with van der Waals surface area (Å²) in [5.41, 5.74) is -0.795. The van der Waals surface area contributed by atoms with E-state index in [9.17, 15) is 9.59 Å². The SMILES string of the molecule is CCOC(=O)C12CCC(CC(=O)OC(C)(C)C)(CC1)C2. The Kier molecular flexibility index (Phi) is 3.87. The summed E-state index contributed by atoms with van der Waals surface area (Å²) in [6, 6.07) is 0. The zero-order valence-electron chi connectivity index (χ0n) is 13.1.